The second kappa shape index (κ2) is 10.8. The number of benzene rings is 3. The zero-order chi connectivity index (χ0) is 26.7. The van der Waals surface area contributed by atoms with E-state index in [1.165, 1.54) is 0 Å². The smallest absolute Gasteiger partial charge is 0.264 e. The van der Waals surface area contributed by atoms with Crippen LogP contribution in [0.4, 0.5) is 0 Å². The van der Waals surface area contributed by atoms with E-state index in [4.69, 9.17) is 9.47 Å². The first-order chi connectivity index (χ1) is 18.2. The Balaban J connectivity index is 1.30. The zero-order valence-corrected chi connectivity index (χ0v) is 21.6. The van der Waals surface area contributed by atoms with Crippen LogP contribution in [0.15, 0.2) is 78.9 Å². The Hall–Kier alpha value is -3.95. The molecule has 0 saturated carbocycles. The number of nitrogens with one attached hydrogen (secondary N) is 1. The van der Waals surface area contributed by atoms with Gasteiger partial charge in [-0.3, -0.25) is 4.79 Å². The number of aliphatic hydroxyl groups is 1. The van der Waals surface area contributed by atoms with E-state index in [-0.39, 0.29) is 18.1 Å². The molecule has 1 aromatic heterocycles. The molecule has 0 spiro atoms. The summed E-state index contributed by atoms with van der Waals surface area (Å²) in [7, 11) is -3.67. The minimum absolute atomic E-state index is 0.179. The van der Waals surface area contributed by atoms with E-state index in [9.17, 15) is 18.3 Å². The van der Waals surface area contributed by atoms with Crippen LogP contribution in [0, 0.1) is 5.92 Å². The van der Waals surface area contributed by atoms with Crippen LogP contribution in [0.1, 0.15) is 39.7 Å². The van der Waals surface area contributed by atoms with Gasteiger partial charge in [0.2, 0.25) is 10.0 Å². The molecule has 0 bridgehead atoms. The molecule has 2 N–H and O–H groups in total. The normalized spacial score (nSPS) is 17.2. The van der Waals surface area contributed by atoms with E-state index >= 15 is 0 Å². The standard InChI is InChI=1S/C29H28N2O6S/c1-38(34,35)31-29(33)22-7-4-5-19(16-22)15-21-13-14-36-27-12-11-24(17-25(27)28(21)32)37-18-23-10-9-20-6-2-3-8-26(20)30-23/h2-12,16-17,21,28,32H,13-15,18H2,1H3,(H,31,33)/t21-,28+/m0/s1. The number of sulfonamides is 1. The topological polar surface area (TPSA) is 115 Å². The number of carbonyl (C=O) groups excluding carboxylic acids is 1. The van der Waals surface area contributed by atoms with Gasteiger partial charge in [0, 0.05) is 16.5 Å². The lowest BCUT2D eigenvalue weighted by Crippen LogP contribution is -2.29. The summed E-state index contributed by atoms with van der Waals surface area (Å²) in [6.45, 7) is 0.719. The van der Waals surface area contributed by atoms with Crippen LogP contribution in [0.3, 0.4) is 0 Å². The van der Waals surface area contributed by atoms with E-state index in [0.717, 1.165) is 28.4 Å². The van der Waals surface area contributed by atoms with Crippen LogP contribution in [0.2, 0.25) is 0 Å². The zero-order valence-electron chi connectivity index (χ0n) is 20.8. The van der Waals surface area contributed by atoms with Gasteiger partial charge in [-0.2, -0.15) is 0 Å². The number of para-hydroxylation sites is 1. The molecule has 8 nitrogen and oxygen atoms in total. The third kappa shape index (κ3) is 6.12. The van der Waals surface area contributed by atoms with Crippen LogP contribution >= 0.6 is 0 Å². The SMILES string of the molecule is CS(=O)(=O)NC(=O)c1cccc(C[C@@H]2CCOc3ccc(OCc4ccc5ccccc5n4)cc3[C@@H]2O)c1. The predicted octanol–water partition coefficient (Wildman–Crippen LogP) is 4.18. The molecular formula is C29H28N2O6S. The van der Waals surface area contributed by atoms with Crippen molar-refractivity contribution in [1.82, 2.24) is 9.71 Å². The number of aliphatic hydroxyl groups excluding tert-OH is 1. The third-order valence-corrected chi connectivity index (χ3v) is 7.06. The molecule has 4 aromatic rings. The Bertz CT molecular complexity index is 1590. The van der Waals surface area contributed by atoms with Crippen LogP contribution in [0.5, 0.6) is 11.5 Å². The van der Waals surface area contributed by atoms with Gasteiger partial charge in [-0.05, 0) is 66.8 Å². The van der Waals surface area contributed by atoms with Gasteiger partial charge in [0.1, 0.15) is 18.1 Å². The fourth-order valence-corrected chi connectivity index (χ4v) is 5.09. The molecule has 1 aliphatic heterocycles. The molecule has 2 heterocycles. The molecule has 38 heavy (non-hydrogen) atoms. The highest BCUT2D eigenvalue weighted by Gasteiger charge is 2.28. The van der Waals surface area contributed by atoms with Gasteiger partial charge in [-0.1, -0.05) is 36.4 Å². The highest BCUT2D eigenvalue weighted by Crippen LogP contribution is 2.39. The number of pyridine rings is 1. The molecule has 3 aromatic carbocycles. The first-order valence-electron chi connectivity index (χ1n) is 12.3. The Morgan fingerprint density at radius 3 is 2.76 bits per heavy atom. The number of carbonyl (C=O) groups is 1. The highest BCUT2D eigenvalue weighted by molar-refractivity contribution is 7.89. The Morgan fingerprint density at radius 1 is 1.08 bits per heavy atom. The second-order valence-electron chi connectivity index (χ2n) is 9.43. The molecule has 1 aliphatic rings. The molecule has 0 fully saturated rings. The molecule has 0 radical (unpaired) electrons. The van der Waals surface area contributed by atoms with Crippen LogP contribution in [-0.2, 0) is 23.1 Å². The number of hydrogen-bond acceptors (Lipinski definition) is 7. The Morgan fingerprint density at radius 2 is 1.92 bits per heavy atom. The number of nitrogens with zero attached hydrogens (tertiary/aromatic N) is 1. The maximum atomic E-state index is 12.3. The van der Waals surface area contributed by atoms with Crippen molar-refractivity contribution < 1.29 is 27.8 Å². The maximum absolute atomic E-state index is 12.3. The summed E-state index contributed by atoms with van der Waals surface area (Å²) >= 11 is 0. The van der Waals surface area contributed by atoms with Crippen molar-refractivity contribution in [1.29, 1.82) is 0 Å². The highest BCUT2D eigenvalue weighted by atomic mass is 32.2. The van der Waals surface area contributed by atoms with Gasteiger partial charge in [0.15, 0.2) is 0 Å². The first-order valence-corrected chi connectivity index (χ1v) is 14.2. The number of fused-ring (bicyclic) bond motifs is 2. The number of amides is 1. The maximum Gasteiger partial charge on any atom is 0.264 e. The van der Waals surface area contributed by atoms with Gasteiger partial charge in [0.05, 0.1) is 30.2 Å². The van der Waals surface area contributed by atoms with Crippen molar-refractivity contribution in [3.8, 4) is 11.5 Å². The summed E-state index contributed by atoms with van der Waals surface area (Å²) in [6, 6.07) is 24.0. The van der Waals surface area contributed by atoms with Crippen molar-refractivity contribution >= 4 is 26.8 Å². The lowest BCUT2D eigenvalue weighted by Gasteiger charge is -2.21. The average molecular weight is 533 g/mol. The minimum atomic E-state index is -3.67. The molecule has 0 saturated heterocycles. The van der Waals surface area contributed by atoms with E-state index in [1.807, 2.05) is 53.3 Å². The lowest BCUT2D eigenvalue weighted by atomic mass is 9.87. The number of ether oxygens (including phenoxy) is 2. The van der Waals surface area contributed by atoms with Crippen molar-refractivity contribution in [3.63, 3.8) is 0 Å². The molecule has 5 rings (SSSR count). The second-order valence-corrected chi connectivity index (χ2v) is 11.2. The summed E-state index contributed by atoms with van der Waals surface area (Å²) in [6.07, 6.45) is 1.20. The predicted molar refractivity (Wildman–Crippen MR) is 144 cm³/mol. The fraction of sp³-hybridized carbons (Fsp3) is 0.241. The Kier molecular flexibility index (Phi) is 7.31. The van der Waals surface area contributed by atoms with Crippen LogP contribution < -0.4 is 14.2 Å². The quantitative estimate of drug-likeness (QED) is 0.367. The molecule has 196 valence electrons. The van der Waals surface area contributed by atoms with Crippen molar-refractivity contribution in [3.05, 3.63) is 101 Å². The van der Waals surface area contributed by atoms with Crippen molar-refractivity contribution in [2.45, 2.75) is 25.6 Å². The summed E-state index contributed by atoms with van der Waals surface area (Å²) in [5, 5.41) is 12.4. The molecule has 2 atom stereocenters. The summed E-state index contributed by atoms with van der Waals surface area (Å²) < 4.78 is 36.8. The monoisotopic (exact) mass is 532 g/mol. The fourth-order valence-electron chi connectivity index (χ4n) is 4.64. The summed E-state index contributed by atoms with van der Waals surface area (Å²) in [5.41, 5.74) is 3.40. The molecule has 1 amide bonds. The average Bonchev–Trinajstić information content (AvgIpc) is 3.05. The van der Waals surface area contributed by atoms with E-state index in [0.29, 0.717) is 36.5 Å². The number of aromatic nitrogens is 1. The van der Waals surface area contributed by atoms with Crippen LogP contribution in [0.25, 0.3) is 10.9 Å². The largest absolute Gasteiger partial charge is 0.493 e. The van der Waals surface area contributed by atoms with E-state index < -0.39 is 22.0 Å². The van der Waals surface area contributed by atoms with Crippen molar-refractivity contribution in [2.75, 3.05) is 12.9 Å². The molecule has 0 unspecified atom stereocenters. The van der Waals surface area contributed by atoms with Crippen LogP contribution in [-0.4, -0.2) is 37.3 Å². The third-order valence-electron chi connectivity index (χ3n) is 6.50. The molecular weight excluding hydrogens is 504 g/mol. The molecule has 0 aliphatic carbocycles. The summed E-state index contributed by atoms with van der Waals surface area (Å²) in [5.74, 6) is 0.341. The van der Waals surface area contributed by atoms with E-state index in [2.05, 4.69) is 4.98 Å². The Labute approximate surface area is 221 Å². The van der Waals surface area contributed by atoms with Gasteiger partial charge < -0.3 is 14.6 Å². The number of rotatable bonds is 7. The van der Waals surface area contributed by atoms with Gasteiger partial charge in [0.25, 0.3) is 5.91 Å². The number of hydrogen-bond donors (Lipinski definition) is 2. The lowest BCUT2D eigenvalue weighted by molar-refractivity contribution is 0.0981. The van der Waals surface area contributed by atoms with Gasteiger partial charge >= 0.3 is 0 Å². The minimum Gasteiger partial charge on any atom is -0.493 e. The molecule has 9 heteroatoms. The van der Waals surface area contributed by atoms with Crippen molar-refractivity contribution in [2.24, 2.45) is 5.92 Å². The van der Waals surface area contributed by atoms with Gasteiger partial charge in [-0.25, -0.2) is 18.1 Å². The summed E-state index contributed by atoms with van der Waals surface area (Å²) in [4.78, 5) is 16.9. The van der Waals surface area contributed by atoms with Gasteiger partial charge in [-0.15, -0.1) is 0 Å². The van der Waals surface area contributed by atoms with E-state index in [1.54, 1.807) is 30.3 Å². The first kappa shape index (κ1) is 25.7.